The molecular weight excluding hydrogens is 258 g/mol. The van der Waals surface area contributed by atoms with Gasteiger partial charge < -0.3 is 15.1 Å². The third kappa shape index (κ3) is 2.71. The Hall–Kier alpha value is -2.56. The highest BCUT2D eigenvalue weighted by Gasteiger charge is 2.11. The molecule has 2 radical (unpaired) electrons. The fourth-order valence-electron chi connectivity index (χ4n) is 1.91. The summed E-state index contributed by atoms with van der Waals surface area (Å²) < 4.78 is 0. The molecule has 2 N–H and O–H groups in total. The molecule has 0 aliphatic heterocycles. The first-order chi connectivity index (χ1) is 9.38. The van der Waals surface area contributed by atoms with E-state index in [1.165, 1.54) is 19.1 Å². The first kappa shape index (κ1) is 13.9. The Bertz CT molecular complexity index is 694. The second-order valence-electron chi connectivity index (χ2n) is 4.50. The van der Waals surface area contributed by atoms with Crippen molar-refractivity contribution in [3.63, 3.8) is 0 Å². The van der Waals surface area contributed by atoms with Crippen LogP contribution in [0.4, 0.5) is 0 Å². The predicted octanol–water partition coefficient (Wildman–Crippen LogP) is 2.26. The van der Waals surface area contributed by atoms with Crippen molar-refractivity contribution in [1.29, 1.82) is 0 Å². The fourth-order valence-corrected chi connectivity index (χ4v) is 1.91. The first-order valence-corrected chi connectivity index (χ1v) is 5.90. The lowest BCUT2D eigenvalue weighted by atomic mass is 10.0. The number of phenols is 1. The zero-order chi connectivity index (χ0) is 14.9. The van der Waals surface area contributed by atoms with Crippen molar-refractivity contribution in [3.05, 3.63) is 48.5 Å². The highest BCUT2D eigenvalue weighted by atomic mass is 16.4. The third-order valence-electron chi connectivity index (χ3n) is 3.01. The number of benzene rings is 2. The molecular formula is C15H13NO4. The molecule has 0 atom stereocenters. The summed E-state index contributed by atoms with van der Waals surface area (Å²) in [4.78, 5) is 23.1. The quantitative estimate of drug-likeness (QED) is 0.839. The Labute approximate surface area is 116 Å². The minimum absolute atomic E-state index is 0.161. The van der Waals surface area contributed by atoms with Gasteiger partial charge in [0.1, 0.15) is 11.3 Å². The molecule has 0 spiro atoms. The number of nitrogens with zero attached hydrogens (tertiary/aromatic N) is 1. The summed E-state index contributed by atoms with van der Waals surface area (Å²) >= 11 is 0. The van der Waals surface area contributed by atoms with E-state index in [9.17, 15) is 14.7 Å². The molecule has 2 aromatic rings. The molecule has 0 fully saturated rings. The molecule has 0 heterocycles. The van der Waals surface area contributed by atoms with Crippen molar-refractivity contribution in [3.8, 4) is 5.75 Å². The summed E-state index contributed by atoms with van der Waals surface area (Å²) in [5.74, 6) is -1.73. The van der Waals surface area contributed by atoms with Gasteiger partial charge in [0, 0.05) is 13.5 Å². The molecule has 0 aliphatic carbocycles. The van der Waals surface area contributed by atoms with Crippen LogP contribution in [-0.4, -0.2) is 27.0 Å². The maximum absolute atomic E-state index is 11.1. The summed E-state index contributed by atoms with van der Waals surface area (Å²) in [6.45, 7) is 1.59. The molecule has 20 heavy (non-hydrogen) atoms. The van der Waals surface area contributed by atoms with Gasteiger partial charge >= 0.3 is 5.97 Å². The second kappa shape index (κ2) is 5.21. The summed E-state index contributed by atoms with van der Waals surface area (Å²) in [5, 5.41) is 20.0. The normalized spacial score (nSPS) is 10.5. The zero-order valence-corrected chi connectivity index (χ0v) is 10.8. The predicted molar refractivity (Wildman–Crippen MR) is 73.1 cm³/mol. The van der Waals surface area contributed by atoms with Crippen LogP contribution in [0.3, 0.4) is 0 Å². The number of hydrogen-bond donors (Lipinski definition) is 2. The van der Waals surface area contributed by atoms with E-state index < -0.39 is 5.97 Å². The SMILES string of the molecule is [CH]N(Cc1ccc2cc(O)c(C(=O)O)cc2c1)C(C)=O. The van der Waals surface area contributed by atoms with Crippen LogP contribution in [0.25, 0.3) is 10.8 Å². The maximum Gasteiger partial charge on any atom is 0.339 e. The average molecular weight is 271 g/mol. The second-order valence-corrected chi connectivity index (χ2v) is 4.50. The number of rotatable bonds is 3. The number of hydrogen-bond acceptors (Lipinski definition) is 3. The van der Waals surface area contributed by atoms with Gasteiger partial charge in [-0.25, -0.2) is 4.79 Å². The molecule has 5 nitrogen and oxygen atoms in total. The number of carbonyl (C=O) groups excluding carboxylic acids is 1. The van der Waals surface area contributed by atoms with E-state index in [0.29, 0.717) is 10.8 Å². The number of amides is 1. The van der Waals surface area contributed by atoms with E-state index in [1.807, 2.05) is 0 Å². The first-order valence-electron chi connectivity index (χ1n) is 5.90. The molecule has 1 amide bonds. The molecule has 0 saturated heterocycles. The van der Waals surface area contributed by atoms with Crippen LogP contribution in [-0.2, 0) is 11.3 Å². The topological polar surface area (TPSA) is 77.8 Å². The van der Waals surface area contributed by atoms with E-state index in [4.69, 9.17) is 12.2 Å². The van der Waals surface area contributed by atoms with Crippen molar-refractivity contribution >= 4 is 22.6 Å². The summed E-state index contributed by atoms with van der Waals surface area (Å²) in [5.41, 5.74) is 0.614. The molecule has 2 rings (SSSR count). The van der Waals surface area contributed by atoms with E-state index >= 15 is 0 Å². The molecule has 0 bridgehead atoms. The number of carboxylic acids is 1. The zero-order valence-electron chi connectivity index (χ0n) is 10.8. The van der Waals surface area contributed by atoms with E-state index in [-0.39, 0.29) is 23.8 Å². The number of carbonyl (C=O) groups is 2. The summed E-state index contributed by atoms with van der Waals surface area (Å²) in [6, 6.07) is 8.04. The molecule has 5 heteroatoms. The van der Waals surface area contributed by atoms with Crippen molar-refractivity contribution in [2.24, 2.45) is 0 Å². The number of aromatic carboxylic acids is 1. The van der Waals surface area contributed by atoms with Crippen molar-refractivity contribution in [1.82, 2.24) is 4.90 Å². The fraction of sp³-hybridized carbons (Fsp3) is 0.133. The number of carboxylic acid groups (broad SMARTS) is 1. The Kier molecular flexibility index (Phi) is 3.61. The molecule has 0 unspecified atom stereocenters. The highest BCUT2D eigenvalue weighted by molar-refractivity contribution is 5.97. The Balaban J connectivity index is 2.45. The highest BCUT2D eigenvalue weighted by Crippen LogP contribution is 2.26. The number of fused-ring (bicyclic) bond motifs is 1. The standard InChI is InChI=1S/C15H13NO4/c1-9(17)16(2)8-10-3-4-11-7-14(18)13(15(19)20)6-12(11)5-10/h2-7,18H,8H2,1H3,(H,19,20). The van der Waals surface area contributed by atoms with Crippen LogP contribution in [0.5, 0.6) is 5.75 Å². The molecule has 0 saturated carbocycles. The van der Waals surface area contributed by atoms with Crippen LogP contribution in [0.2, 0.25) is 0 Å². The lowest BCUT2D eigenvalue weighted by Gasteiger charge is -2.14. The van der Waals surface area contributed by atoms with Gasteiger partial charge in [0.05, 0.1) is 7.05 Å². The van der Waals surface area contributed by atoms with Gasteiger partial charge in [-0.05, 0) is 34.5 Å². The van der Waals surface area contributed by atoms with E-state index in [1.54, 1.807) is 18.2 Å². The summed E-state index contributed by atoms with van der Waals surface area (Å²) in [7, 11) is 5.54. The van der Waals surface area contributed by atoms with Crippen LogP contribution in [0.15, 0.2) is 30.3 Å². The van der Waals surface area contributed by atoms with Gasteiger partial charge in [-0.2, -0.15) is 0 Å². The minimum Gasteiger partial charge on any atom is -0.507 e. The van der Waals surface area contributed by atoms with Crippen molar-refractivity contribution in [2.75, 3.05) is 0 Å². The van der Waals surface area contributed by atoms with Crippen molar-refractivity contribution < 1.29 is 19.8 Å². The third-order valence-corrected chi connectivity index (χ3v) is 3.01. The van der Waals surface area contributed by atoms with E-state index in [2.05, 4.69) is 0 Å². The van der Waals surface area contributed by atoms with Crippen LogP contribution >= 0.6 is 0 Å². The molecule has 0 aromatic heterocycles. The summed E-state index contributed by atoms with van der Waals surface area (Å²) in [6.07, 6.45) is 0. The molecule has 2 aromatic carbocycles. The van der Waals surface area contributed by atoms with Gasteiger partial charge in [0.15, 0.2) is 0 Å². The molecule has 102 valence electrons. The smallest absolute Gasteiger partial charge is 0.339 e. The lowest BCUT2D eigenvalue weighted by Crippen LogP contribution is -2.20. The van der Waals surface area contributed by atoms with Crippen LogP contribution in [0, 0.1) is 7.05 Å². The van der Waals surface area contributed by atoms with Gasteiger partial charge in [0.2, 0.25) is 5.91 Å². The monoisotopic (exact) mass is 271 g/mol. The largest absolute Gasteiger partial charge is 0.507 e. The molecule has 0 aliphatic rings. The Morgan fingerprint density at radius 2 is 1.90 bits per heavy atom. The van der Waals surface area contributed by atoms with Crippen LogP contribution in [0.1, 0.15) is 22.8 Å². The van der Waals surface area contributed by atoms with Crippen LogP contribution < -0.4 is 0 Å². The Morgan fingerprint density at radius 1 is 1.20 bits per heavy atom. The van der Waals surface area contributed by atoms with Crippen molar-refractivity contribution in [2.45, 2.75) is 13.5 Å². The van der Waals surface area contributed by atoms with Gasteiger partial charge in [-0.3, -0.25) is 4.79 Å². The van der Waals surface area contributed by atoms with Gasteiger partial charge in [-0.1, -0.05) is 12.1 Å². The lowest BCUT2D eigenvalue weighted by molar-refractivity contribution is -0.127. The van der Waals surface area contributed by atoms with Gasteiger partial charge in [0.25, 0.3) is 0 Å². The average Bonchev–Trinajstić information content (AvgIpc) is 2.37. The van der Waals surface area contributed by atoms with Gasteiger partial charge in [-0.15, -0.1) is 0 Å². The number of aromatic hydroxyl groups is 1. The Morgan fingerprint density at radius 3 is 2.50 bits per heavy atom. The van der Waals surface area contributed by atoms with E-state index in [0.717, 1.165) is 10.5 Å². The minimum atomic E-state index is -1.20. The maximum atomic E-state index is 11.1.